The van der Waals surface area contributed by atoms with Gasteiger partial charge in [-0.25, -0.2) is 0 Å². The van der Waals surface area contributed by atoms with E-state index in [9.17, 15) is 9.90 Å². The molecule has 1 heterocycles. The third-order valence-corrected chi connectivity index (χ3v) is 4.36. The Balaban J connectivity index is 1.81. The van der Waals surface area contributed by atoms with Crippen molar-refractivity contribution in [3.05, 3.63) is 42.5 Å². The van der Waals surface area contributed by atoms with Crippen molar-refractivity contribution in [2.75, 3.05) is 32.8 Å². The number of nitrogens with zero attached hydrogens (tertiary/aromatic N) is 1. The van der Waals surface area contributed by atoms with Gasteiger partial charge in [0, 0.05) is 13.1 Å². The van der Waals surface area contributed by atoms with E-state index in [4.69, 9.17) is 9.47 Å². The summed E-state index contributed by atoms with van der Waals surface area (Å²) >= 11 is 0. The lowest BCUT2D eigenvalue weighted by Crippen LogP contribution is -2.44. The molecule has 2 rings (SSSR count). The summed E-state index contributed by atoms with van der Waals surface area (Å²) in [5.74, 6) is 0.566. The number of piperidine rings is 1. The summed E-state index contributed by atoms with van der Waals surface area (Å²) in [5, 5.41) is 10.3. The highest BCUT2D eigenvalue weighted by molar-refractivity contribution is 5.72. The van der Waals surface area contributed by atoms with E-state index < -0.39 is 6.10 Å². The molecule has 0 bridgehead atoms. The Bertz CT molecular complexity index is 560. The quantitative estimate of drug-likeness (QED) is 0.549. The van der Waals surface area contributed by atoms with Gasteiger partial charge in [-0.05, 0) is 44.4 Å². The van der Waals surface area contributed by atoms with Crippen LogP contribution in [0, 0.1) is 5.92 Å². The van der Waals surface area contributed by atoms with Crippen molar-refractivity contribution in [3.8, 4) is 5.75 Å². The highest BCUT2D eigenvalue weighted by Crippen LogP contribution is 2.20. The molecule has 1 aliphatic heterocycles. The lowest BCUT2D eigenvalue weighted by atomic mass is 9.98. The molecule has 0 aromatic heterocycles. The molecule has 1 aromatic rings. The number of carbonyl (C=O) groups is 1. The van der Waals surface area contributed by atoms with E-state index in [2.05, 4.69) is 11.5 Å². The van der Waals surface area contributed by atoms with E-state index in [1.54, 1.807) is 0 Å². The van der Waals surface area contributed by atoms with Crippen molar-refractivity contribution in [2.45, 2.75) is 32.3 Å². The second kappa shape index (κ2) is 10.2. The summed E-state index contributed by atoms with van der Waals surface area (Å²) < 4.78 is 10.9. The Labute approximate surface area is 150 Å². The van der Waals surface area contributed by atoms with Crippen LogP contribution >= 0.6 is 0 Å². The number of hydrogen-bond donors (Lipinski definition) is 1. The van der Waals surface area contributed by atoms with Crippen LogP contribution in [-0.4, -0.2) is 54.9 Å². The molecular weight excluding hydrogens is 318 g/mol. The molecule has 0 aliphatic carbocycles. The van der Waals surface area contributed by atoms with Crippen molar-refractivity contribution in [2.24, 2.45) is 5.92 Å². The van der Waals surface area contributed by atoms with Gasteiger partial charge in [0.1, 0.15) is 18.5 Å². The molecule has 25 heavy (non-hydrogen) atoms. The minimum atomic E-state index is -0.599. The fourth-order valence-corrected chi connectivity index (χ4v) is 3.18. The monoisotopic (exact) mass is 347 g/mol. The first-order chi connectivity index (χ1) is 12.1. The zero-order valence-corrected chi connectivity index (χ0v) is 15.0. The Morgan fingerprint density at radius 1 is 1.48 bits per heavy atom. The summed E-state index contributed by atoms with van der Waals surface area (Å²) in [7, 11) is 0. The Hall–Kier alpha value is -1.85. The highest BCUT2D eigenvalue weighted by Gasteiger charge is 2.27. The Kier molecular flexibility index (Phi) is 7.95. The maximum absolute atomic E-state index is 11.9. The van der Waals surface area contributed by atoms with Gasteiger partial charge < -0.3 is 14.6 Å². The van der Waals surface area contributed by atoms with Crippen molar-refractivity contribution >= 4 is 5.97 Å². The van der Waals surface area contributed by atoms with Gasteiger partial charge in [0.05, 0.1) is 12.5 Å². The predicted octanol–water partition coefficient (Wildman–Crippen LogP) is 2.43. The third kappa shape index (κ3) is 6.18. The lowest BCUT2D eigenvalue weighted by molar-refractivity contribution is -0.150. The topological polar surface area (TPSA) is 59.0 Å². The molecule has 1 aliphatic rings. The van der Waals surface area contributed by atoms with Gasteiger partial charge in [0.25, 0.3) is 0 Å². The molecule has 1 fully saturated rings. The summed E-state index contributed by atoms with van der Waals surface area (Å²) in [5.41, 5.74) is 1.06. The number of benzene rings is 1. The van der Waals surface area contributed by atoms with Crippen molar-refractivity contribution < 1.29 is 19.4 Å². The summed E-state index contributed by atoms with van der Waals surface area (Å²) in [6, 6.07) is 7.79. The molecule has 5 nitrogen and oxygen atoms in total. The van der Waals surface area contributed by atoms with Gasteiger partial charge in [-0.3, -0.25) is 9.69 Å². The first-order valence-corrected chi connectivity index (χ1v) is 9.02. The smallest absolute Gasteiger partial charge is 0.310 e. The number of ether oxygens (including phenoxy) is 2. The molecule has 138 valence electrons. The molecule has 1 saturated heterocycles. The maximum atomic E-state index is 11.9. The standard InChI is InChI=1S/C20H29NO4/c1-3-8-16-9-5-6-11-19(16)25-15-18(22)14-21-12-7-10-17(13-21)20(23)24-4-2/h3,5-6,9,11,17-18,22H,1,4,7-8,10,12-15H2,2H3. The summed E-state index contributed by atoms with van der Waals surface area (Å²) in [6.07, 6.45) is 3.77. The van der Waals surface area contributed by atoms with Crippen LogP contribution in [0.15, 0.2) is 36.9 Å². The maximum Gasteiger partial charge on any atom is 0.310 e. The number of rotatable bonds is 9. The molecule has 1 aromatic carbocycles. The Morgan fingerprint density at radius 2 is 2.28 bits per heavy atom. The molecule has 0 radical (unpaired) electrons. The van der Waals surface area contributed by atoms with Crippen LogP contribution in [0.5, 0.6) is 5.75 Å². The molecule has 1 N–H and O–H groups in total. The number of β-amino-alcohol motifs (C(OH)–C–C–N with tert-alkyl or cyclic N) is 1. The average molecular weight is 347 g/mol. The van der Waals surface area contributed by atoms with Gasteiger partial charge in [0.15, 0.2) is 0 Å². The first-order valence-electron chi connectivity index (χ1n) is 9.02. The van der Waals surface area contributed by atoms with Crippen molar-refractivity contribution in [1.82, 2.24) is 4.90 Å². The van der Waals surface area contributed by atoms with Crippen LogP contribution in [0.1, 0.15) is 25.3 Å². The SMILES string of the molecule is C=CCc1ccccc1OCC(O)CN1CCCC(C(=O)OCC)C1. The number of aliphatic hydroxyl groups excluding tert-OH is 1. The van der Waals surface area contributed by atoms with Crippen molar-refractivity contribution in [1.29, 1.82) is 0 Å². The molecular formula is C20H29NO4. The predicted molar refractivity (Wildman–Crippen MR) is 97.6 cm³/mol. The second-order valence-corrected chi connectivity index (χ2v) is 6.42. The molecule has 5 heteroatoms. The third-order valence-electron chi connectivity index (χ3n) is 4.36. The molecule has 0 spiro atoms. The number of likely N-dealkylation sites (tertiary alicyclic amines) is 1. The van der Waals surface area contributed by atoms with E-state index >= 15 is 0 Å². The zero-order valence-electron chi connectivity index (χ0n) is 15.0. The van der Waals surface area contributed by atoms with Crippen LogP contribution in [0.4, 0.5) is 0 Å². The van der Waals surface area contributed by atoms with E-state index in [1.165, 1.54) is 0 Å². The second-order valence-electron chi connectivity index (χ2n) is 6.42. The lowest BCUT2D eigenvalue weighted by Gasteiger charge is -2.32. The van der Waals surface area contributed by atoms with Gasteiger partial charge >= 0.3 is 5.97 Å². The molecule has 0 saturated carbocycles. The van der Waals surface area contributed by atoms with Gasteiger partial charge in [-0.1, -0.05) is 24.3 Å². The van der Waals surface area contributed by atoms with Gasteiger partial charge in [-0.15, -0.1) is 6.58 Å². The molecule has 0 amide bonds. The number of para-hydroxylation sites is 1. The van der Waals surface area contributed by atoms with Crippen molar-refractivity contribution in [3.63, 3.8) is 0 Å². The van der Waals surface area contributed by atoms with E-state index in [0.717, 1.165) is 37.1 Å². The average Bonchev–Trinajstić information content (AvgIpc) is 2.62. The van der Waals surface area contributed by atoms with Crippen LogP contribution in [0.25, 0.3) is 0 Å². The number of aliphatic hydroxyl groups is 1. The van der Waals surface area contributed by atoms with E-state index in [1.807, 2.05) is 37.3 Å². The minimum absolute atomic E-state index is 0.0878. The fraction of sp³-hybridized carbons (Fsp3) is 0.550. The van der Waals surface area contributed by atoms with E-state index in [0.29, 0.717) is 19.7 Å². The van der Waals surface area contributed by atoms with Crippen LogP contribution in [0.2, 0.25) is 0 Å². The number of allylic oxidation sites excluding steroid dienone is 1. The Morgan fingerprint density at radius 3 is 3.04 bits per heavy atom. The number of esters is 1. The number of hydrogen-bond acceptors (Lipinski definition) is 5. The van der Waals surface area contributed by atoms with Gasteiger partial charge in [0.2, 0.25) is 0 Å². The van der Waals surface area contributed by atoms with Gasteiger partial charge in [-0.2, -0.15) is 0 Å². The summed E-state index contributed by atoms with van der Waals surface area (Å²) in [4.78, 5) is 14.0. The number of carbonyl (C=O) groups excluding carboxylic acids is 1. The molecule has 2 unspecified atom stereocenters. The fourth-order valence-electron chi connectivity index (χ4n) is 3.18. The first kappa shape index (κ1) is 19.5. The normalized spacial score (nSPS) is 19.2. The summed E-state index contributed by atoms with van der Waals surface area (Å²) in [6.45, 7) is 8.25. The van der Waals surface area contributed by atoms with E-state index in [-0.39, 0.29) is 18.5 Å². The highest BCUT2D eigenvalue weighted by atomic mass is 16.5. The molecule has 2 atom stereocenters. The minimum Gasteiger partial charge on any atom is -0.491 e. The zero-order chi connectivity index (χ0) is 18.1. The van der Waals surface area contributed by atoms with Crippen LogP contribution in [-0.2, 0) is 16.0 Å². The van der Waals surface area contributed by atoms with Crippen LogP contribution in [0.3, 0.4) is 0 Å². The largest absolute Gasteiger partial charge is 0.491 e. The van der Waals surface area contributed by atoms with Crippen LogP contribution < -0.4 is 4.74 Å².